The lowest BCUT2D eigenvalue weighted by Crippen LogP contribution is -2.31. The van der Waals surface area contributed by atoms with Crippen LogP contribution in [0.4, 0.5) is 5.69 Å². The molecule has 32 heavy (non-hydrogen) atoms. The van der Waals surface area contributed by atoms with Crippen LogP contribution < -0.4 is 14.8 Å². The van der Waals surface area contributed by atoms with Gasteiger partial charge in [0.05, 0.1) is 19.3 Å². The van der Waals surface area contributed by atoms with Crippen molar-refractivity contribution in [1.82, 2.24) is 4.90 Å². The van der Waals surface area contributed by atoms with Crippen LogP contribution in [-0.2, 0) is 9.53 Å². The maximum Gasteiger partial charge on any atom is 0.254 e. The van der Waals surface area contributed by atoms with Gasteiger partial charge in [0.15, 0.2) is 11.5 Å². The summed E-state index contributed by atoms with van der Waals surface area (Å²) in [6, 6.07) is 13.1. The van der Waals surface area contributed by atoms with Crippen molar-refractivity contribution in [2.45, 2.75) is 44.2 Å². The fourth-order valence-corrected chi connectivity index (χ4v) is 4.65. The normalized spacial score (nSPS) is 22.4. The Morgan fingerprint density at radius 1 is 0.906 bits per heavy atom. The van der Waals surface area contributed by atoms with Gasteiger partial charge in [-0.25, -0.2) is 0 Å². The highest BCUT2D eigenvalue weighted by Gasteiger charge is 2.32. The van der Waals surface area contributed by atoms with Crippen LogP contribution in [0, 0.1) is 0 Å². The second-order valence-corrected chi connectivity index (χ2v) is 8.48. The Morgan fingerprint density at radius 2 is 1.78 bits per heavy atom. The molecule has 2 aromatic carbocycles. The van der Waals surface area contributed by atoms with Crippen molar-refractivity contribution in [2.24, 2.45) is 0 Å². The molecule has 3 heterocycles. The van der Waals surface area contributed by atoms with E-state index in [4.69, 9.17) is 14.2 Å². The first-order valence-electron chi connectivity index (χ1n) is 11.4. The van der Waals surface area contributed by atoms with Crippen LogP contribution in [0.3, 0.4) is 0 Å². The van der Waals surface area contributed by atoms with Crippen LogP contribution in [0.15, 0.2) is 42.5 Å². The lowest BCUT2D eigenvalue weighted by atomic mass is 10.0. The number of anilines is 1. The summed E-state index contributed by atoms with van der Waals surface area (Å²) in [4.78, 5) is 27.7. The number of ether oxygens (including phenoxy) is 3. The zero-order valence-corrected chi connectivity index (χ0v) is 18.0. The molecule has 7 nitrogen and oxygen atoms in total. The van der Waals surface area contributed by atoms with E-state index in [0.29, 0.717) is 37.6 Å². The lowest BCUT2D eigenvalue weighted by Gasteiger charge is -2.26. The van der Waals surface area contributed by atoms with Gasteiger partial charge < -0.3 is 24.4 Å². The molecule has 2 aromatic rings. The smallest absolute Gasteiger partial charge is 0.254 e. The minimum atomic E-state index is -0.406. The molecule has 0 aromatic heterocycles. The second-order valence-electron chi connectivity index (χ2n) is 8.48. The van der Waals surface area contributed by atoms with Gasteiger partial charge in [0.2, 0.25) is 0 Å². The van der Waals surface area contributed by atoms with Crippen LogP contribution in [0.2, 0.25) is 0 Å². The quantitative estimate of drug-likeness (QED) is 0.786. The number of nitrogens with one attached hydrogen (secondary N) is 1. The maximum atomic E-state index is 13.4. The van der Waals surface area contributed by atoms with Crippen LogP contribution in [0.5, 0.6) is 11.5 Å². The molecule has 2 unspecified atom stereocenters. The zero-order chi connectivity index (χ0) is 21.9. The maximum absolute atomic E-state index is 13.4. The summed E-state index contributed by atoms with van der Waals surface area (Å²) < 4.78 is 17.0. The van der Waals surface area contributed by atoms with Gasteiger partial charge >= 0.3 is 0 Å². The van der Waals surface area contributed by atoms with Crippen LogP contribution in [0.1, 0.15) is 54.1 Å². The summed E-state index contributed by atoms with van der Waals surface area (Å²) in [5.74, 6) is 1.32. The van der Waals surface area contributed by atoms with Crippen LogP contribution in [-0.4, -0.2) is 49.2 Å². The lowest BCUT2D eigenvalue weighted by molar-refractivity contribution is -0.124. The molecule has 5 rings (SSSR count). The molecule has 2 atom stereocenters. The van der Waals surface area contributed by atoms with Crippen molar-refractivity contribution >= 4 is 17.5 Å². The largest absolute Gasteiger partial charge is 0.490 e. The number of benzene rings is 2. The van der Waals surface area contributed by atoms with E-state index in [2.05, 4.69) is 5.32 Å². The van der Waals surface area contributed by atoms with Gasteiger partial charge in [-0.15, -0.1) is 0 Å². The third kappa shape index (κ3) is 4.30. The molecule has 0 bridgehead atoms. The Balaban J connectivity index is 1.32. The summed E-state index contributed by atoms with van der Waals surface area (Å²) in [6.07, 6.45) is 3.93. The van der Waals surface area contributed by atoms with Gasteiger partial charge in [-0.2, -0.15) is 0 Å². The number of likely N-dealkylation sites (tertiary alicyclic amines) is 1. The molecule has 3 aliphatic rings. The van der Waals surface area contributed by atoms with Gasteiger partial charge in [-0.05, 0) is 61.6 Å². The molecule has 2 fully saturated rings. The average Bonchev–Trinajstić information content (AvgIpc) is 3.47. The summed E-state index contributed by atoms with van der Waals surface area (Å²) in [5.41, 5.74) is 2.24. The summed E-state index contributed by atoms with van der Waals surface area (Å²) in [7, 11) is 0. The average molecular weight is 437 g/mol. The number of carbonyl (C=O) groups excluding carboxylic acids is 2. The van der Waals surface area contributed by atoms with E-state index in [1.165, 1.54) is 0 Å². The van der Waals surface area contributed by atoms with Crippen molar-refractivity contribution < 1.29 is 23.8 Å². The molecule has 2 amide bonds. The number of hydrogen-bond donors (Lipinski definition) is 1. The molecule has 0 radical (unpaired) electrons. The fraction of sp³-hybridized carbons (Fsp3) is 0.440. The number of carbonyl (C=O) groups is 2. The molecule has 0 aliphatic carbocycles. The summed E-state index contributed by atoms with van der Waals surface area (Å²) >= 11 is 0. The van der Waals surface area contributed by atoms with E-state index in [0.717, 1.165) is 49.2 Å². The second kappa shape index (κ2) is 9.20. The third-order valence-corrected chi connectivity index (χ3v) is 6.27. The van der Waals surface area contributed by atoms with Crippen molar-refractivity contribution in [1.29, 1.82) is 0 Å². The van der Waals surface area contributed by atoms with Gasteiger partial charge in [0.1, 0.15) is 6.10 Å². The van der Waals surface area contributed by atoms with Crippen LogP contribution >= 0.6 is 0 Å². The zero-order valence-electron chi connectivity index (χ0n) is 18.0. The highest BCUT2D eigenvalue weighted by atomic mass is 16.5. The van der Waals surface area contributed by atoms with E-state index < -0.39 is 6.10 Å². The standard InChI is InChI=1S/C25H28N2O5/c28-24(22-8-3-12-31-22)26-19-6-1-5-18(15-19)25(29)27-11-2-7-20(27)17-9-10-21-23(16-17)32-14-4-13-30-21/h1,5-6,9-10,15-16,20,22H,2-4,7-8,11-14H2,(H,26,28). The predicted molar refractivity (Wildman–Crippen MR) is 119 cm³/mol. The first-order chi connectivity index (χ1) is 15.7. The molecular weight excluding hydrogens is 408 g/mol. The fourth-order valence-electron chi connectivity index (χ4n) is 4.65. The van der Waals surface area contributed by atoms with E-state index in [1.807, 2.05) is 23.1 Å². The van der Waals surface area contributed by atoms with E-state index in [-0.39, 0.29) is 17.9 Å². The molecule has 7 heteroatoms. The Morgan fingerprint density at radius 3 is 2.62 bits per heavy atom. The van der Waals surface area contributed by atoms with Gasteiger partial charge in [-0.3, -0.25) is 9.59 Å². The van der Waals surface area contributed by atoms with Crippen molar-refractivity contribution in [3.05, 3.63) is 53.6 Å². The Bertz CT molecular complexity index is 1000. The topological polar surface area (TPSA) is 77.1 Å². The van der Waals surface area contributed by atoms with Gasteiger partial charge in [0.25, 0.3) is 11.8 Å². The Hall–Kier alpha value is -3.06. The first kappa shape index (κ1) is 20.8. The van der Waals surface area contributed by atoms with E-state index in [1.54, 1.807) is 24.3 Å². The number of rotatable bonds is 4. The van der Waals surface area contributed by atoms with E-state index in [9.17, 15) is 9.59 Å². The van der Waals surface area contributed by atoms with Crippen molar-refractivity contribution in [3.8, 4) is 11.5 Å². The monoisotopic (exact) mass is 436 g/mol. The Kier molecular flexibility index (Phi) is 5.99. The molecule has 0 saturated carbocycles. The Labute approximate surface area is 187 Å². The molecule has 0 spiro atoms. The van der Waals surface area contributed by atoms with Crippen molar-refractivity contribution in [3.63, 3.8) is 0 Å². The number of fused-ring (bicyclic) bond motifs is 1. The predicted octanol–water partition coefficient (Wildman–Crippen LogP) is 3.94. The first-order valence-corrected chi connectivity index (χ1v) is 11.4. The van der Waals surface area contributed by atoms with E-state index >= 15 is 0 Å². The highest BCUT2D eigenvalue weighted by molar-refractivity contribution is 5.98. The summed E-state index contributed by atoms with van der Waals surface area (Å²) in [5, 5.41) is 2.89. The number of amides is 2. The summed E-state index contributed by atoms with van der Waals surface area (Å²) in [6.45, 7) is 2.60. The molecular formula is C25H28N2O5. The minimum Gasteiger partial charge on any atom is -0.490 e. The molecule has 1 N–H and O–H groups in total. The SMILES string of the molecule is O=C(Nc1cccc(C(=O)N2CCCC2c2ccc3c(c2)OCCCO3)c1)C1CCCO1. The van der Waals surface area contributed by atoms with Gasteiger partial charge in [-0.1, -0.05) is 12.1 Å². The number of hydrogen-bond acceptors (Lipinski definition) is 5. The molecule has 168 valence electrons. The van der Waals surface area contributed by atoms with Crippen molar-refractivity contribution in [2.75, 3.05) is 31.7 Å². The highest BCUT2D eigenvalue weighted by Crippen LogP contribution is 2.38. The molecule has 3 aliphatic heterocycles. The minimum absolute atomic E-state index is 0.00945. The molecule has 2 saturated heterocycles. The van der Waals surface area contributed by atoms with Gasteiger partial charge in [0, 0.05) is 30.8 Å². The van der Waals surface area contributed by atoms with Crippen LogP contribution in [0.25, 0.3) is 0 Å². The third-order valence-electron chi connectivity index (χ3n) is 6.27. The number of nitrogens with zero attached hydrogens (tertiary/aromatic N) is 1.